The summed E-state index contributed by atoms with van der Waals surface area (Å²) in [6, 6.07) is 6.78. The maximum atomic E-state index is 13.3. The second-order valence-corrected chi connectivity index (χ2v) is 9.03. The number of aliphatic hydroxyl groups excluding tert-OH is 1. The number of aliphatic hydroxyl groups is 1. The summed E-state index contributed by atoms with van der Waals surface area (Å²) in [7, 11) is 6.37. The van der Waals surface area contributed by atoms with E-state index in [1.54, 1.807) is 24.3 Å². The van der Waals surface area contributed by atoms with Crippen molar-refractivity contribution in [3.05, 3.63) is 57.1 Å². The van der Waals surface area contributed by atoms with Crippen LogP contribution in [0.1, 0.15) is 24.1 Å². The molecule has 192 valence electrons. The normalized spacial score (nSPS) is 17.0. The number of carbonyl (C=O) groups is 3. The Kier molecular flexibility index (Phi) is 8.50. The topological polar surface area (TPSA) is 106 Å². The molecule has 0 aliphatic carbocycles. The average Bonchev–Trinajstić information content (AvgIpc) is 3.06. The fourth-order valence-electron chi connectivity index (χ4n) is 3.97. The van der Waals surface area contributed by atoms with Crippen molar-refractivity contribution in [2.24, 2.45) is 0 Å². The summed E-state index contributed by atoms with van der Waals surface area (Å²) in [5, 5.41) is 11.5. The summed E-state index contributed by atoms with van der Waals surface area (Å²) in [4.78, 5) is 41.1. The third-order valence-electron chi connectivity index (χ3n) is 5.56. The van der Waals surface area contributed by atoms with Crippen LogP contribution in [0.5, 0.6) is 17.2 Å². The number of carbonyl (C=O) groups excluding carboxylic acids is 3. The summed E-state index contributed by atoms with van der Waals surface area (Å²) in [6.07, 6.45) is 0. The SMILES string of the molecule is COc1c(Cl)cc(/C(O)=C2\C(=O)C(=O)N(CCN(C)C)C2c2cccc(OC(C)=O)c2)c(OC)c1Cl. The predicted molar refractivity (Wildman–Crippen MR) is 135 cm³/mol. The third-order valence-corrected chi connectivity index (χ3v) is 6.18. The lowest BCUT2D eigenvalue weighted by atomic mass is 9.94. The summed E-state index contributed by atoms with van der Waals surface area (Å²) in [5.74, 6) is -2.35. The van der Waals surface area contributed by atoms with E-state index in [1.165, 1.54) is 32.1 Å². The molecule has 3 rings (SSSR count). The van der Waals surface area contributed by atoms with Crippen molar-refractivity contribution in [3.63, 3.8) is 0 Å². The highest BCUT2D eigenvalue weighted by Crippen LogP contribution is 2.47. The first-order valence-electron chi connectivity index (χ1n) is 10.8. The fourth-order valence-corrected chi connectivity index (χ4v) is 4.66. The molecular weight excluding hydrogens is 511 g/mol. The Morgan fingerprint density at radius 1 is 1.11 bits per heavy atom. The van der Waals surface area contributed by atoms with Crippen LogP contribution in [0, 0.1) is 0 Å². The van der Waals surface area contributed by atoms with Gasteiger partial charge >= 0.3 is 5.97 Å². The van der Waals surface area contributed by atoms with Crippen molar-refractivity contribution in [2.75, 3.05) is 41.4 Å². The molecule has 0 bridgehead atoms. The van der Waals surface area contributed by atoms with E-state index in [9.17, 15) is 19.5 Å². The molecule has 1 aliphatic rings. The van der Waals surface area contributed by atoms with Gasteiger partial charge in [-0.1, -0.05) is 35.3 Å². The molecule has 1 unspecified atom stereocenters. The maximum Gasteiger partial charge on any atom is 0.308 e. The number of halogens is 2. The Bertz CT molecular complexity index is 1240. The highest BCUT2D eigenvalue weighted by atomic mass is 35.5. The zero-order valence-corrected chi connectivity index (χ0v) is 21.9. The second kappa shape index (κ2) is 11.2. The third kappa shape index (κ3) is 5.28. The van der Waals surface area contributed by atoms with Crippen LogP contribution in [0.25, 0.3) is 5.76 Å². The molecule has 1 aliphatic heterocycles. The smallest absolute Gasteiger partial charge is 0.308 e. The van der Waals surface area contributed by atoms with E-state index in [-0.39, 0.29) is 45.0 Å². The molecule has 1 N–H and O–H groups in total. The lowest BCUT2D eigenvalue weighted by Gasteiger charge is -2.27. The van der Waals surface area contributed by atoms with E-state index in [0.717, 1.165) is 0 Å². The predicted octanol–water partition coefficient (Wildman–Crippen LogP) is 3.92. The number of hydrogen-bond acceptors (Lipinski definition) is 8. The first-order valence-corrected chi connectivity index (χ1v) is 11.6. The van der Waals surface area contributed by atoms with E-state index in [2.05, 4.69) is 0 Å². The van der Waals surface area contributed by atoms with Crippen molar-refractivity contribution < 1.29 is 33.7 Å². The highest BCUT2D eigenvalue weighted by Gasteiger charge is 2.46. The van der Waals surface area contributed by atoms with Crippen LogP contribution >= 0.6 is 23.2 Å². The Labute approximate surface area is 218 Å². The number of Topliss-reactive ketones (excluding diaryl/α,β-unsaturated/α-hetero) is 1. The van der Waals surface area contributed by atoms with Crippen LogP contribution in [-0.4, -0.2) is 74.0 Å². The van der Waals surface area contributed by atoms with Gasteiger partial charge in [-0.15, -0.1) is 0 Å². The molecule has 36 heavy (non-hydrogen) atoms. The van der Waals surface area contributed by atoms with Gasteiger partial charge in [0, 0.05) is 20.0 Å². The molecule has 0 radical (unpaired) electrons. The van der Waals surface area contributed by atoms with E-state index in [1.807, 2.05) is 19.0 Å². The number of nitrogens with zero attached hydrogens (tertiary/aromatic N) is 2. The second-order valence-electron chi connectivity index (χ2n) is 8.25. The minimum absolute atomic E-state index is 0.00991. The van der Waals surface area contributed by atoms with Gasteiger partial charge < -0.3 is 29.1 Å². The quantitative estimate of drug-likeness (QED) is 0.178. The van der Waals surface area contributed by atoms with Crippen LogP contribution in [-0.2, 0) is 14.4 Å². The van der Waals surface area contributed by atoms with Gasteiger partial charge in [0.1, 0.15) is 16.5 Å². The lowest BCUT2D eigenvalue weighted by molar-refractivity contribution is -0.140. The minimum Gasteiger partial charge on any atom is -0.507 e. The van der Waals surface area contributed by atoms with Crippen LogP contribution in [0.3, 0.4) is 0 Å². The number of methoxy groups -OCH3 is 2. The molecule has 0 spiro atoms. The molecule has 1 atom stereocenters. The van der Waals surface area contributed by atoms with Crippen LogP contribution in [0.4, 0.5) is 0 Å². The molecule has 1 amide bonds. The van der Waals surface area contributed by atoms with Gasteiger partial charge in [0.25, 0.3) is 11.7 Å². The molecule has 2 aromatic rings. The highest BCUT2D eigenvalue weighted by molar-refractivity contribution is 6.47. The van der Waals surface area contributed by atoms with Crippen molar-refractivity contribution >= 4 is 46.6 Å². The van der Waals surface area contributed by atoms with Crippen molar-refractivity contribution in [3.8, 4) is 17.2 Å². The summed E-state index contributed by atoms with van der Waals surface area (Å²) >= 11 is 12.7. The van der Waals surface area contributed by atoms with Gasteiger partial charge in [-0.25, -0.2) is 0 Å². The first kappa shape index (κ1) is 27.3. The number of likely N-dealkylation sites (N-methyl/N-ethyl adjacent to an activating group) is 1. The number of amides is 1. The average molecular weight is 537 g/mol. The number of benzene rings is 2. The summed E-state index contributed by atoms with van der Waals surface area (Å²) in [5.41, 5.74) is 0.285. The maximum absolute atomic E-state index is 13.3. The molecule has 2 aromatic carbocycles. The summed E-state index contributed by atoms with van der Waals surface area (Å²) in [6.45, 7) is 1.91. The van der Waals surface area contributed by atoms with Crippen molar-refractivity contribution in [2.45, 2.75) is 13.0 Å². The van der Waals surface area contributed by atoms with E-state index < -0.39 is 29.5 Å². The number of rotatable bonds is 8. The molecule has 1 saturated heterocycles. The standard InChI is InChI=1S/C25H26Cl2N2O7/c1-13(30)36-15-8-6-7-14(11-15)20-18(22(32)25(33)29(20)10-9-28(2)3)21(31)16-12-17(26)24(35-5)19(27)23(16)34-4/h6-8,11-12,20,31H,9-10H2,1-5H3/b21-18+. The van der Waals surface area contributed by atoms with Crippen molar-refractivity contribution in [1.82, 2.24) is 9.80 Å². The van der Waals surface area contributed by atoms with Gasteiger partial charge in [0.15, 0.2) is 11.5 Å². The monoisotopic (exact) mass is 536 g/mol. The van der Waals surface area contributed by atoms with Crippen molar-refractivity contribution in [1.29, 1.82) is 0 Å². The van der Waals surface area contributed by atoms with Gasteiger partial charge in [0.2, 0.25) is 0 Å². The zero-order valence-electron chi connectivity index (χ0n) is 20.4. The first-order chi connectivity index (χ1) is 17.0. The molecular formula is C25H26Cl2N2O7. The number of ketones is 1. The van der Waals surface area contributed by atoms with E-state index in [0.29, 0.717) is 12.1 Å². The molecule has 0 aromatic heterocycles. The van der Waals surface area contributed by atoms with Crippen LogP contribution in [0.2, 0.25) is 10.0 Å². The van der Waals surface area contributed by atoms with Gasteiger partial charge in [-0.05, 0) is 37.9 Å². The molecule has 11 heteroatoms. The number of likely N-dealkylation sites (tertiary alicyclic amines) is 1. The molecule has 9 nitrogen and oxygen atoms in total. The van der Waals surface area contributed by atoms with E-state index >= 15 is 0 Å². The Balaban J connectivity index is 2.28. The lowest BCUT2D eigenvalue weighted by Crippen LogP contribution is -2.35. The number of hydrogen-bond donors (Lipinski definition) is 1. The zero-order chi connectivity index (χ0) is 26.7. The van der Waals surface area contributed by atoms with Crippen LogP contribution in [0.15, 0.2) is 35.9 Å². The van der Waals surface area contributed by atoms with Gasteiger partial charge in [-0.2, -0.15) is 0 Å². The molecule has 1 fully saturated rings. The molecule has 1 heterocycles. The number of esters is 1. The molecule has 0 saturated carbocycles. The Morgan fingerprint density at radius 3 is 2.36 bits per heavy atom. The number of ether oxygens (including phenoxy) is 3. The minimum atomic E-state index is -0.982. The Hall–Kier alpha value is -3.27. The van der Waals surface area contributed by atoms with Gasteiger partial charge in [-0.3, -0.25) is 14.4 Å². The fraction of sp³-hybridized carbons (Fsp3) is 0.320. The largest absolute Gasteiger partial charge is 0.507 e. The summed E-state index contributed by atoms with van der Waals surface area (Å²) < 4.78 is 15.8. The Morgan fingerprint density at radius 2 is 1.78 bits per heavy atom. The van der Waals surface area contributed by atoms with Crippen LogP contribution < -0.4 is 14.2 Å². The van der Waals surface area contributed by atoms with Gasteiger partial charge in [0.05, 0.1) is 36.4 Å². The van der Waals surface area contributed by atoms with E-state index in [4.69, 9.17) is 37.4 Å².